The molecule has 2 aliphatic rings. The molecule has 2 aromatic rings. The molecule has 4 N–H and O–H groups in total. The summed E-state index contributed by atoms with van der Waals surface area (Å²) in [6.07, 6.45) is 4.32. The van der Waals surface area contributed by atoms with Gasteiger partial charge in [-0.2, -0.15) is 0 Å². The molecule has 1 aromatic heterocycles. The number of pyridine rings is 1. The second-order valence-electron chi connectivity index (χ2n) is 9.09. The number of aliphatic hydroxyl groups excluding tert-OH is 1. The van der Waals surface area contributed by atoms with Crippen molar-refractivity contribution in [1.29, 1.82) is 0 Å². The van der Waals surface area contributed by atoms with E-state index in [9.17, 15) is 14.7 Å². The molecule has 1 unspecified atom stereocenters. The second kappa shape index (κ2) is 11.2. The number of aromatic nitrogens is 1. The third-order valence-electron chi connectivity index (χ3n) is 6.61. The van der Waals surface area contributed by atoms with Gasteiger partial charge in [-0.25, -0.2) is 4.98 Å². The Bertz CT molecular complexity index is 1000. The highest BCUT2D eigenvalue weighted by Crippen LogP contribution is 2.26. The molecule has 0 bridgehead atoms. The van der Waals surface area contributed by atoms with Crippen LogP contribution in [0.15, 0.2) is 36.5 Å². The molecular formula is C25H32ClN5O3. The van der Waals surface area contributed by atoms with E-state index in [1.807, 2.05) is 17.0 Å². The van der Waals surface area contributed by atoms with E-state index in [-0.39, 0.29) is 29.4 Å². The van der Waals surface area contributed by atoms with E-state index in [0.717, 1.165) is 25.7 Å². The van der Waals surface area contributed by atoms with E-state index >= 15 is 0 Å². The minimum atomic E-state index is -0.711. The maximum atomic E-state index is 12.7. The SMILES string of the molecule is CC(=O)N1CCC(Nc2nccc(C(=O)NCC(O)CNC3Cc4ccccc4C3)c2Cl)CC1. The van der Waals surface area contributed by atoms with Crippen LogP contribution in [-0.2, 0) is 17.6 Å². The Hall–Kier alpha value is -2.68. The zero-order valence-electron chi connectivity index (χ0n) is 19.4. The summed E-state index contributed by atoms with van der Waals surface area (Å²) in [5, 5.41) is 20.1. The van der Waals surface area contributed by atoms with Crippen molar-refractivity contribution in [3.63, 3.8) is 0 Å². The van der Waals surface area contributed by atoms with Gasteiger partial charge in [0.25, 0.3) is 5.91 Å². The number of aliphatic hydroxyl groups is 1. The van der Waals surface area contributed by atoms with Crippen LogP contribution in [-0.4, -0.2) is 71.2 Å². The van der Waals surface area contributed by atoms with Crippen molar-refractivity contribution in [2.24, 2.45) is 0 Å². The topological polar surface area (TPSA) is 107 Å². The Morgan fingerprint density at radius 3 is 2.44 bits per heavy atom. The van der Waals surface area contributed by atoms with E-state index in [2.05, 4.69) is 33.1 Å². The second-order valence-corrected chi connectivity index (χ2v) is 9.47. The molecule has 1 fully saturated rings. The van der Waals surface area contributed by atoms with Crippen LogP contribution in [0.5, 0.6) is 0 Å². The number of benzene rings is 1. The van der Waals surface area contributed by atoms with Crippen LogP contribution in [0.1, 0.15) is 41.3 Å². The summed E-state index contributed by atoms with van der Waals surface area (Å²) in [5.74, 6) is 0.187. The molecule has 1 aromatic carbocycles. The highest BCUT2D eigenvalue weighted by Gasteiger charge is 2.24. The minimum absolute atomic E-state index is 0.0824. The molecule has 9 heteroatoms. The Morgan fingerprint density at radius 1 is 1.12 bits per heavy atom. The van der Waals surface area contributed by atoms with Crippen LogP contribution in [0.25, 0.3) is 0 Å². The lowest BCUT2D eigenvalue weighted by atomic mass is 10.0. The normalized spacial score (nSPS) is 17.3. The van der Waals surface area contributed by atoms with E-state index < -0.39 is 6.10 Å². The minimum Gasteiger partial charge on any atom is -0.390 e. The molecule has 2 heterocycles. The largest absolute Gasteiger partial charge is 0.390 e. The number of likely N-dealkylation sites (tertiary alicyclic amines) is 1. The lowest BCUT2D eigenvalue weighted by Crippen LogP contribution is -2.42. The highest BCUT2D eigenvalue weighted by atomic mass is 35.5. The molecule has 2 amide bonds. The zero-order chi connectivity index (χ0) is 24.1. The van der Waals surface area contributed by atoms with E-state index in [1.54, 1.807) is 19.2 Å². The molecule has 0 radical (unpaired) electrons. The Kier molecular flexibility index (Phi) is 8.03. The fourth-order valence-electron chi connectivity index (χ4n) is 4.64. The fourth-order valence-corrected chi connectivity index (χ4v) is 4.89. The molecule has 0 saturated carbocycles. The lowest BCUT2D eigenvalue weighted by molar-refractivity contribution is -0.129. The average molecular weight is 486 g/mol. The quantitative estimate of drug-likeness (QED) is 0.455. The van der Waals surface area contributed by atoms with Crippen LogP contribution in [0.2, 0.25) is 5.02 Å². The summed E-state index contributed by atoms with van der Waals surface area (Å²) in [5.41, 5.74) is 3.01. The molecule has 1 saturated heterocycles. The maximum absolute atomic E-state index is 12.7. The van der Waals surface area contributed by atoms with E-state index in [1.165, 1.54) is 11.1 Å². The van der Waals surface area contributed by atoms with Crippen molar-refractivity contribution >= 4 is 29.2 Å². The number of carbonyl (C=O) groups is 2. The Balaban J connectivity index is 1.23. The first-order chi connectivity index (χ1) is 16.4. The molecule has 1 atom stereocenters. The lowest BCUT2D eigenvalue weighted by Gasteiger charge is -2.32. The Labute approximate surface area is 205 Å². The third-order valence-corrected chi connectivity index (χ3v) is 6.99. The van der Waals surface area contributed by atoms with E-state index in [0.29, 0.717) is 37.1 Å². The highest BCUT2D eigenvalue weighted by molar-refractivity contribution is 6.36. The summed E-state index contributed by atoms with van der Waals surface area (Å²) in [6.45, 7) is 3.47. The number of anilines is 1. The molecular weight excluding hydrogens is 454 g/mol. The van der Waals surface area contributed by atoms with Gasteiger partial charge in [-0.1, -0.05) is 35.9 Å². The first kappa shape index (κ1) is 24.4. The molecule has 34 heavy (non-hydrogen) atoms. The van der Waals surface area contributed by atoms with Gasteiger partial charge in [-0.3, -0.25) is 9.59 Å². The molecule has 0 spiro atoms. The van der Waals surface area contributed by atoms with Gasteiger partial charge in [0.05, 0.1) is 16.7 Å². The molecule has 8 nitrogen and oxygen atoms in total. The zero-order valence-corrected chi connectivity index (χ0v) is 20.1. The number of piperidine rings is 1. The van der Waals surface area contributed by atoms with E-state index in [4.69, 9.17) is 11.6 Å². The number of halogens is 1. The third kappa shape index (κ3) is 6.05. The van der Waals surface area contributed by atoms with Crippen LogP contribution < -0.4 is 16.0 Å². The summed E-state index contributed by atoms with van der Waals surface area (Å²) in [4.78, 5) is 30.3. The van der Waals surface area contributed by atoms with Gasteiger partial charge < -0.3 is 26.0 Å². The molecule has 4 rings (SSSR count). The number of hydrogen-bond acceptors (Lipinski definition) is 6. The van der Waals surface area contributed by atoms with Crippen molar-refractivity contribution in [3.05, 3.63) is 58.2 Å². The number of nitrogens with one attached hydrogen (secondary N) is 3. The summed E-state index contributed by atoms with van der Waals surface area (Å²) in [6, 6.07) is 10.4. The maximum Gasteiger partial charge on any atom is 0.253 e. The number of hydrogen-bond donors (Lipinski definition) is 4. The first-order valence-corrected chi connectivity index (χ1v) is 12.2. The monoisotopic (exact) mass is 485 g/mol. The van der Waals surface area contributed by atoms with Crippen LogP contribution in [0, 0.1) is 0 Å². The molecule has 182 valence electrons. The van der Waals surface area contributed by atoms with Gasteiger partial charge in [0.1, 0.15) is 5.82 Å². The van der Waals surface area contributed by atoms with Crippen LogP contribution in [0.3, 0.4) is 0 Å². The number of rotatable bonds is 8. The predicted molar refractivity (Wildman–Crippen MR) is 132 cm³/mol. The van der Waals surface area contributed by atoms with Gasteiger partial charge in [0, 0.05) is 51.4 Å². The fraction of sp³-hybridized carbons (Fsp3) is 0.480. The summed E-state index contributed by atoms with van der Waals surface area (Å²) in [7, 11) is 0. The van der Waals surface area contributed by atoms with Gasteiger partial charge in [0.2, 0.25) is 5.91 Å². The van der Waals surface area contributed by atoms with Crippen molar-refractivity contribution in [3.8, 4) is 0 Å². The van der Waals surface area contributed by atoms with Crippen LogP contribution in [0.4, 0.5) is 5.82 Å². The van der Waals surface area contributed by atoms with Crippen molar-refractivity contribution in [1.82, 2.24) is 20.5 Å². The summed E-state index contributed by atoms with van der Waals surface area (Å²) >= 11 is 6.48. The number of carbonyl (C=O) groups excluding carboxylic acids is 2. The standard InChI is InChI=1S/C25H32ClN5O3/c1-16(32)31-10-7-19(8-11-31)30-24-23(26)22(6-9-27-24)25(34)29-15-21(33)14-28-20-12-17-4-2-3-5-18(17)13-20/h2-6,9,19-21,28,33H,7-8,10-15H2,1H3,(H,27,30)(H,29,34). The number of amides is 2. The molecule has 1 aliphatic carbocycles. The van der Waals surface area contributed by atoms with Gasteiger partial charge >= 0.3 is 0 Å². The first-order valence-electron chi connectivity index (χ1n) is 11.8. The van der Waals surface area contributed by atoms with Gasteiger partial charge in [-0.15, -0.1) is 0 Å². The van der Waals surface area contributed by atoms with Crippen LogP contribution >= 0.6 is 11.6 Å². The van der Waals surface area contributed by atoms with Gasteiger partial charge in [-0.05, 0) is 42.9 Å². The van der Waals surface area contributed by atoms with Gasteiger partial charge in [0.15, 0.2) is 0 Å². The average Bonchev–Trinajstić information content (AvgIpc) is 3.26. The van der Waals surface area contributed by atoms with Crippen molar-refractivity contribution in [2.75, 3.05) is 31.5 Å². The Morgan fingerprint density at radius 2 is 1.79 bits per heavy atom. The smallest absolute Gasteiger partial charge is 0.253 e. The van der Waals surface area contributed by atoms with Crippen molar-refractivity contribution in [2.45, 2.75) is 50.8 Å². The molecule has 1 aliphatic heterocycles. The number of fused-ring (bicyclic) bond motifs is 1. The number of nitrogens with zero attached hydrogens (tertiary/aromatic N) is 2. The predicted octanol–water partition coefficient (Wildman–Crippen LogP) is 2.01. The summed E-state index contributed by atoms with van der Waals surface area (Å²) < 4.78 is 0. The van der Waals surface area contributed by atoms with Crippen molar-refractivity contribution < 1.29 is 14.7 Å².